The third-order valence-corrected chi connectivity index (χ3v) is 2.14. The summed E-state index contributed by atoms with van der Waals surface area (Å²) in [5.74, 6) is 0. The van der Waals surface area contributed by atoms with Crippen LogP contribution in [0.2, 0.25) is 0 Å². The van der Waals surface area contributed by atoms with E-state index < -0.39 is 0 Å². The van der Waals surface area contributed by atoms with Crippen LogP contribution in [0.15, 0.2) is 30.3 Å². The number of hydrogen-bond acceptors (Lipinski definition) is 2. The standard InChI is InChI=1S/C11H17N.CH4S/c1-3-12(4-2)10-11-8-6-5-7-9-11;1-2/h5-9H,3-4,10H2,1-2H3;2H,1H3. The van der Waals surface area contributed by atoms with Crippen LogP contribution in [0, 0.1) is 0 Å². The Hall–Kier alpha value is -0.470. The molecule has 1 aromatic carbocycles. The Kier molecular flexibility index (Phi) is 8.79. The van der Waals surface area contributed by atoms with Gasteiger partial charge in [0, 0.05) is 6.54 Å². The van der Waals surface area contributed by atoms with Crippen molar-refractivity contribution in [2.45, 2.75) is 20.4 Å². The number of nitrogens with zero attached hydrogens (tertiary/aromatic N) is 1. The van der Waals surface area contributed by atoms with E-state index in [0.717, 1.165) is 19.6 Å². The summed E-state index contributed by atoms with van der Waals surface area (Å²) in [6.07, 6.45) is 1.69. The van der Waals surface area contributed by atoms with Crippen LogP contribution in [0.25, 0.3) is 0 Å². The molecule has 0 amide bonds. The van der Waals surface area contributed by atoms with E-state index in [-0.39, 0.29) is 0 Å². The maximum Gasteiger partial charge on any atom is 0.0233 e. The van der Waals surface area contributed by atoms with Gasteiger partial charge in [-0.15, -0.1) is 0 Å². The second kappa shape index (κ2) is 9.10. The lowest BCUT2D eigenvalue weighted by Crippen LogP contribution is -2.21. The van der Waals surface area contributed by atoms with Gasteiger partial charge in [-0.3, -0.25) is 4.90 Å². The first-order valence-corrected chi connectivity index (χ1v) is 5.97. The largest absolute Gasteiger partial charge is 0.300 e. The molecule has 0 aliphatic carbocycles. The number of benzene rings is 1. The Balaban J connectivity index is 0.000000791. The molecule has 0 unspecified atom stereocenters. The molecular weight excluding hydrogens is 190 g/mol. The molecule has 0 atom stereocenters. The molecule has 0 saturated carbocycles. The molecule has 0 N–H and O–H groups in total. The Labute approximate surface area is 93.5 Å². The van der Waals surface area contributed by atoms with Crippen LogP contribution >= 0.6 is 12.6 Å². The zero-order valence-corrected chi connectivity index (χ0v) is 10.3. The summed E-state index contributed by atoms with van der Waals surface area (Å²) in [6.45, 7) is 7.74. The third kappa shape index (κ3) is 5.30. The van der Waals surface area contributed by atoms with Gasteiger partial charge >= 0.3 is 0 Å². The highest BCUT2D eigenvalue weighted by molar-refractivity contribution is 7.79. The van der Waals surface area contributed by atoms with E-state index in [1.807, 2.05) is 0 Å². The van der Waals surface area contributed by atoms with Crippen molar-refractivity contribution < 1.29 is 0 Å². The topological polar surface area (TPSA) is 3.24 Å². The fourth-order valence-electron chi connectivity index (χ4n) is 1.29. The summed E-state index contributed by atoms with van der Waals surface area (Å²) >= 11 is 3.53. The molecule has 80 valence electrons. The first-order chi connectivity index (χ1) is 6.86. The number of thiol groups is 1. The quantitative estimate of drug-likeness (QED) is 0.749. The van der Waals surface area contributed by atoms with Crippen molar-refractivity contribution in [3.05, 3.63) is 35.9 Å². The van der Waals surface area contributed by atoms with Crippen molar-refractivity contribution in [3.63, 3.8) is 0 Å². The lowest BCUT2D eigenvalue weighted by Gasteiger charge is -2.17. The second-order valence-electron chi connectivity index (χ2n) is 2.95. The van der Waals surface area contributed by atoms with Crippen molar-refractivity contribution in [1.82, 2.24) is 4.90 Å². The Morgan fingerprint density at radius 3 is 1.93 bits per heavy atom. The van der Waals surface area contributed by atoms with Gasteiger partial charge in [0.25, 0.3) is 0 Å². The van der Waals surface area contributed by atoms with Crippen LogP contribution < -0.4 is 0 Å². The van der Waals surface area contributed by atoms with E-state index in [0.29, 0.717) is 0 Å². The Morgan fingerprint density at radius 1 is 1.00 bits per heavy atom. The molecule has 0 aliphatic heterocycles. The highest BCUT2D eigenvalue weighted by Crippen LogP contribution is 2.02. The molecule has 1 aromatic rings. The van der Waals surface area contributed by atoms with Crippen LogP contribution in [0.5, 0.6) is 0 Å². The van der Waals surface area contributed by atoms with Gasteiger partial charge < -0.3 is 0 Å². The highest BCUT2D eigenvalue weighted by atomic mass is 32.1. The molecule has 0 radical (unpaired) electrons. The second-order valence-corrected chi connectivity index (χ2v) is 2.95. The Bertz CT molecular complexity index is 207. The molecule has 2 heteroatoms. The van der Waals surface area contributed by atoms with Gasteiger partial charge in [-0.2, -0.15) is 12.6 Å². The average molecular weight is 211 g/mol. The van der Waals surface area contributed by atoms with Crippen molar-refractivity contribution in [1.29, 1.82) is 0 Å². The first kappa shape index (κ1) is 13.5. The van der Waals surface area contributed by atoms with Crippen molar-refractivity contribution in [2.75, 3.05) is 19.3 Å². The van der Waals surface area contributed by atoms with Gasteiger partial charge in [-0.25, -0.2) is 0 Å². The lowest BCUT2D eigenvalue weighted by atomic mass is 10.2. The molecule has 0 saturated heterocycles. The van der Waals surface area contributed by atoms with E-state index in [4.69, 9.17) is 0 Å². The molecule has 0 bridgehead atoms. The van der Waals surface area contributed by atoms with Crippen LogP contribution in [0.1, 0.15) is 19.4 Å². The minimum absolute atomic E-state index is 1.08. The zero-order chi connectivity index (χ0) is 10.8. The maximum atomic E-state index is 3.53. The fourth-order valence-corrected chi connectivity index (χ4v) is 1.29. The summed E-state index contributed by atoms with van der Waals surface area (Å²) in [6, 6.07) is 10.6. The molecule has 1 rings (SSSR count). The van der Waals surface area contributed by atoms with E-state index >= 15 is 0 Å². The summed E-state index contributed by atoms with van der Waals surface area (Å²) < 4.78 is 0. The normalized spacial score (nSPS) is 9.50. The predicted octanol–water partition coefficient (Wildman–Crippen LogP) is 3.07. The maximum absolute atomic E-state index is 3.53. The van der Waals surface area contributed by atoms with Crippen LogP contribution in [-0.2, 0) is 6.54 Å². The van der Waals surface area contributed by atoms with E-state index in [1.54, 1.807) is 6.26 Å². The molecule has 0 heterocycles. The van der Waals surface area contributed by atoms with E-state index in [9.17, 15) is 0 Å². The zero-order valence-electron chi connectivity index (χ0n) is 9.40. The molecule has 0 fully saturated rings. The predicted molar refractivity (Wildman–Crippen MR) is 68.0 cm³/mol. The van der Waals surface area contributed by atoms with Gasteiger partial charge in [0.15, 0.2) is 0 Å². The SMILES string of the molecule is CCN(CC)Cc1ccccc1.CS. The number of hydrogen-bond donors (Lipinski definition) is 1. The fraction of sp³-hybridized carbons (Fsp3) is 0.500. The van der Waals surface area contributed by atoms with Crippen LogP contribution in [0.3, 0.4) is 0 Å². The molecule has 0 aromatic heterocycles. The molecule has 0 aliphatic rings. The molecule has 1 nitrogen and oxygen atoms in total. The first-order valence-electron chi connectivity index (χ1n) is 5.07. The van der Waals surface area contributed by atoms with Crippen molar-refractivity contribution in [3.8, 4) is 0 Å². The lowest BCUT2D eigenvalue weighted by molar-refractivity contribution is 0.296. The van der Waals surface area contributed by atoms with Gasteiger partial charge in [-0.05, 0) is 24.9 Å². The van der Waals surface area contributed by atoms with Crippen molar-refractivity contribution in [2.24, 2.45) is 0 Å². The van der Waals surface area contributed by atoms with Gasteiger partial charge in [0.05, 0.1) is 0 Å². The third-order valence-electron chi connectivity index (χ3n) is 2.14. The van der Waals surface area contributed by atoms with Crippen LogP contribution in [-0.4, -0.2) is 24.2 Å². The molecule has 0 spiro atoms. The summed E-state index contributed by atoms with van der Waals surface area (Å²) in [7, 11) is 0. The van der Waals surface area contributed by atoms with E-state index in [1.165, 1.54) is 5.56 Å². The van der Waals surface area contributed by atoms with Gasteiger partial charge in [0.2, 0.25) is 0 Å². The van der Waals surface area contributed by atoms with Crippen LogP contribution in [0.4, 0.5) is 0 Å². The van der Waals surface area contributed by atoms with Gasteiger partial charge in [0.1, 0.15) is 0 Å². The summed E-state index contributed by atoms with van der Waals surface area (Å²) in [4.78, 5) is 2.41. The smallest absolute Gasteiger partial charge is 0.0233 e. The Morgan fingerprint density at radius 2 is 1.50 bits per heavy atom. The monoisotopic (exact) mass is 211 g/mol. The minimum atomic E-state index is 1.08. The minimum Gasteiger partial charge on any atom is -0.300 e. The summed E-state index contributed by atoms with van der Waals surface area (Å²) in [5, 5.41) is 0. The summed E-state index contributed by atoms with van der Waals surface area (Å²) in [5.41, 5.74) is 1.40. The molecular formula is C12H21NS. The number of rotatable bonds is 4. The van der Waals surface area contributed by atoms with Crippen molar-refractivity contribution >= 4 is 12.6 Å². The van der Waals surface area contributed by atoms with E-state index in [2.05, 4.69) is 61.7 Å². The molecule has 14 heavy (non-hydrogen) atoms. The average Bonchev–Trinajstić information content (AvgIpc) is 2.30. The van der Waals surface area contributed by atoms with Gasteiger partial charge in [-0.1, -0.05) is 44.2 Å². The highest BCUT2D eigenvalue weighted by Gasteiger charge is 1.98.